The number of thioether (sulfide) groups is 1. The van der Waals surface area contributed by atoms with E-state index in [1.807, 2.05) is 0 Å². The summed E-state index contributed by atoms with van der Waals surface area (Å²) in [4.78, 5) is 10.0. The van der Waals surface area contributed by atoms with E-state index < -0.39 is 5.51 Å². The van der Waals surface area contributed by atoms with Crippen molar-refractivity contribution in [2.24, 2.45) is 0 Å². The number of carbonyl (C=O) groups is 1. The molecule has 16 heavy (non-hydrogen) atoms. The highest BCUT2D eigenvalue weighted by molar-refractivity contribution is 8.00. The van der Waals surface area contributed by atoms with E-state index in [1.54, 1.807) is 12.1 Å². The highest BCUT2D eigenvalue weighted by atomic mass is 32.2. The second kappa shape index (κ2) is 5.79. The number of hydrogen-bond acceptors (Lipinski definition) is 3. The van der Waals surface area contributed by atoms with Gasteiger partial charge in [0, 0.05) is 11.3 Å². The van der Waals surface area contributed by atoms with E-state index in [9.17, 15) is 18.0 Å². The smallest absolute Gasteiger partial charge is 0.446 e. The van der Waals surface area contributed by atoms with Crippen molar-refractivity contribution in [3.63, 3.8) is 0 Å². The van der Waals surface area contributed by atoms with E-state index >= 15 is 0 Å². The van der Waals surface area contributed by atoms with E-state index in [-0.39, 0.29) is 23.3 Å². The van der Waals surface area contributed by atoms with E-state index in [0.717, 1.165) is 0 Å². The minimum atomic E-state index is -4.28. The topological polar surface area (TPSA) is 26.3 Å². The van der Waals surface area contributed by atoms with Crippen molar-refractivity contribution in [2.45, 2.75) is 16.8 Å². The largest absolute Gasteiger partial charge is 0.468 e. The highest BCUT2D eigenvalue weighted by Crippen LogP contribution is 2.36. The standard InChI is InChI=1S/C10H9F3O2S/c11-10(12,13)16-9-3-1-2-8(6-9)4-5-15-7-14/h1-3,6-7H,4-5H2. The summed E-state index contributed by atoms with van der Waals surface area (Å²) in [6, 6.07) is 6.06. The summed E-state index contributed by atoms with van der Waals surface area (Å²) in [6.07, 6.45) is 0.408. The summed E-state index contributed by atoms with van der Waals surface area (Å²) >= 11 is -0.156. The zero-order valence-corrected chi connectivity index (χ0v) is 8.98. The predicted molar refractivity (Wildman–Crippen MR) is 54.1 cm³/mol. The normalized spacial score (nSPS) is 11.2. The van der Waals surface area contributed by atoms with Gasteiger partial charge in [-0.2, -0.15) is 13.2 Å². The Labute approximate surface area is 94.8 Å². The number of carbonyl (C=O) groups excluding carboxylic acids is 1. The summed E-state index contributed by atoms with van der Waals surface area (Å²) in [5.41, 5.74) is -3.58. The third kappa shape index (κ3) is 5.06. The maximum atomic E-state index is 12.1. The molecule has 6 heteroatoms. The van der Waals surface area contributed by atoms with Gasteiger partial charge in [-0.3, -0.25) is 4.79 Å². The molecule has 1 rings (SSSR count). The summed E-state index contributed by atoms with van der Waals surface area (Å²) in [5, 5.41) is 0. The van der Waals surface area contributed by atoms with Crippen molar-refractivity contribution >= 4 is 18.2 Å². The van der Waals surface area contributed by atoms with Gasteiger partial charge >= 0.3 is 5.51 Å². The number of alkyl halides is 3. The van der Waals surface area contributed by atoms with Crippen LogP contribution in [0.2, 0.25) is 0 Å². The quantitative estimate of drug-likeness (QED) is 0.456. The second-order valence-electron chi connectivity index (χ2n) is 2.91. The molecule has 0 saturated carbocycles. The molecule has 0 amide bonds. The molecule has 88 valence electrons. The Balaban J connectivity index is 2.60. The molecule has 0 N–H and O–H groups in total. The Morgan fingerprint density at radius 2 is 2.12 bits per heavy atom. The molecular weight excluding hydrogens is 241 g/mol. The van der Waals surface area contributed by atoms with Gasteiger partial charge in [-0.1, -0.05) is 12.1 Å². The third-order valence-electron chi connectivity index (χ3n) is 1.71. The molecule has 0 aliphatic carbocycles. The van der Waals surface area contributed by atoms with Crippen LogP contribution < -0.4 is 0 Å². The fourth-order valence-corrected chi connectivity index (χ4v) is 1.75. The number of benzene rings is 1. The molecule has 0 heterocycles. The van der Waals surface area contributed by atoms with Gasteiger partial charge in [0.2, 0.25) is 0 Å². The molecule has 0 bridgehead atoms. The van der Waals surface area contributed by atoms with Crippen LogP contribution in [-0.2, 0) is 16.0 Å². The molecule has 0 aliphatic heterocycles. The summed E-state index contributed by atoms with van der Waals surface area (Å²) in [5.74, 6) is 0. The molecule has 1 aromatic carbocycles. The maximum absolute atomic E-state index is 12.1. The first-order chi connectivity index (χ1) is 7.51. The Morgan fingerprint density at radius 1 is 1.38 bits per heavy atom. The lowest BCUT2D eigenvalue weighted by atomic mass is 10.2. The minimum Gasteiger partial charge on any atom is -0.468 e. The fourth-order valence-electron chi connectivity index (χ4n) is 1.12. The first-order valence-electron chi connectivity index (χ1n) is 4.41. The molecular formula is C10H9F3O2S. The van der Waals surface area contributed by atoms with Crippen molar-refractivity contribution in [1.82, 2.24) is 0 Å². The number of hydrogen-bond donors (Lipinski definition) is 0. The van der Waals surface area contributed by atoms with Gasteiger partial charge in [0.05, 0.1) is 6.61 Å². The van der Waals surface area contributed by atoms with Gasteiger partial charge in [0.1, 0.15) is 0 Å². The first kappa shape index (κ1) is 12.9. The van der Waals surface area contributed by atoms with Crippen LogP contribution in [0.15, 0.2) is 29.2 Å². The van der Waals surface area contributed by atoms with E-state index in [4.69, 9.17) is 0 Å². The number of rotatable bonds is 5. The lowest BCUT2D eigenvalue weighted by Crippen LogP contribution is -2.00. The van der Waals surface area contributed by atoms with Crippen LogP contribution in [0.4, 0.5) is 13.2 Å². The fraction of sp³-hybridized carbons (Fsp3) is 0.300. The molecule has 0 unspecified atom stereocenters. The van der Waals surface area contributed by atoms with Crippen LogP contribution in [-0.4, -0.2) is 18.6 Å². The molecule has 0 aliphatic rings. The third-order valence-corrected chi connectivity index (χ3v) is 2.43. The lowest BCUT2D eigenvalue weighted by molar-refractivity contribution is -0.128. The van der Waals surface area contributed by atoms with Crippen LogP contribution in [0.3, 0.4) is 0 Å². The zero-order chi connectivity index (χ0) is 12.0. The number of ether oxygens (including phenoxy) is 1. The van der Waals surface area contributed by atoms with Gasteiger partial charge in [-0.25, -0.2) is 0 Å². The zero-order valence-electron chi connectivity index (χ0n) is 8.16. The van der Waals surface area contributed by atoms with Gasteiger partial charge in [0.15, 0.2) is 0 Å². The molecule has 0 atom stereocenters. The first-order valence-corrected chi connectivity index (χ1v) is 5.23. The van der Waals surface area contributed by atoms with Crippen LogP contribution in [0, 0.1) is 0 Å². The van der Waals surface area contributed by atoms with Crippen molar-refractivity contribution in [1.29, 1.82) is 0 Å². The second-order valence-corrected chi connectivity index (χ2v) is 4.05. The Kier molecular flexibility index (Phi) is 4.67. The lowest BCUT2D eigenvalue weighted by Gasteiger charge is -2.07. The van der Waals surface area contributed by atoms with E-state index in [0.29, 0.717) is 18.5 Å². The van der Waals surface area contributed by atoms with Crippen LogP contribution in [0.5, 0.6) is 0 Å². The molecule has 0 aromatic heterocycles. The number of halogens is 3. The Morgan fingerprint density at radius 3 is 2.75 bits per heavy atom. The van der Waals surface area contributed by atoms with E-state index in [2.05, 4.69) is 4.74 Å². The van der Waals surface area contributed by atoms with Crippen molar-refractivity contribution < 1.29 is 22.7 Å². The van der Waals surface area contributed by atoms with Crippen LogP contribution in [0.1, 0.15) is 5.56 Å². The van der Waals surface area contributed by atoms with Crippen LogP contribution in [0.25, 0.3) is 0 Å². The van der Waals surface area contributed by atoms with Crippen molar-refractivity contribution in [3.8, 4) is 0 Å². The molecule has 0 radical (unpaired) electrons. The minimum absolute atomic E-state index is 0.135. The SMILES string of the molecule is O=COCCc1cccc(SC(F)(F)F)c1. The van der Waals surface area contributed by atoms with Crippen molar-refractivity contribution in [2.75, 3.05) is 6.61 Å². The molecule has 0 spiro atoms. The average molecular weight is 250 g/mol. The summed E-state index contributed by atoms with van der Waals surface area (Å²) < 4.78 is 40.7. The summed E-state index contributed by atoms with van der Waals surface area (Å²) in [7, 11) is 0. The molecule has 0 fully saturated rings. The van der Waals surface area contributed by atoms with Gasteiger partial charge in [-0.05, 0) is 29.5 Å². The highest BCUT2D eigenvalue weighted by Gasteiger charge is 2.29. The Hall–Kier alpha value is -1.17. The monoisotopic (exact) mass is 250 g/mol. The van der Waals surface area contributed by atoms with E-state index in [1.165, 1.54) is 12.1 Å². The molecule has 0 saturated heterocycles. The van der Waals surface area contributed by atoms with Gasteiger partial charge in [0.25, 0.3) is 6.47 Å². The Bertz CT molecular complexity index is 352. The van der Waals surface area contributed by atoms with Gasteiger partial charge in [-0.15, -0.1) is 0 Å². The van der Waals surface area contributed by atoms with Crippen molar-refractivity contribution in [3.05, 3.63) is 29.8 Å². The van der Waals surface area contributed by atoms with Gasteiger partial charge < -0.3 is 4.74 Å². The summed E-state index contributed by atoms with van der Waals surface area (Å²) in [6.45, 7) is 0.484. The molecule has 2 nitrogen and oxygen atoms in total. The average Bonchev–Trinajstić information content (AvgIpc) is 2.16. The molecule has 1 aromatic rings. The maximum Gasteiger partial charge on any atom is 0.446 e. The van der Waals surface area contributed by atoms with Crippen LogP contribution >= 0.6 is 11.8 Å². The predicted octanol–water partition coefficient (Wildman–Crippen LogP) is 3.01.